The molecule has 5 aromatic rings. The van der Waals surface area contributed by atoms with Crippen LogP contribution in [-0.2, 0) is 43.7 Å². The molecule has 0 amide bonds. The molecule has 9 saturated carbocycles. The van der Waals surface area contributed by atoms with Crippen molar-refractivity contribution in [2.24, 2.45) is 121 Å². The Morgan fingerprint density at radius 2 is 0.750 bits per heavy atom. The number of hydrogen-bond acceptors (Lipinski definition) is 11. The molecule has 690 valence electrons. The molecule has 6 N–H and O–H groups in total. The van der Waals surface area contributed by atoms with Crippen molar-refractivity contribution in [2.75, 3.05) is 19.5 Å². The highest BCUT2D eigenvalue weighted by Gasteiger charge is 2.64. The maximum Gasteiger partial charge on any atom is 0.181 e. The van der Waals surface area contributed by atoms with Crippen LogP contribution in [0.2, 0.25) is 0 Å². The third kappa shape index (κ3) is 20.3. The quantitative estimate of drug-likeness (QED) is 0.0320. The van der Waals surface area contributed by atoms with Crippen LogP contribution >= 0.6 is 0 Å². The Morgan fingerprint density at radius 3 is 1.14 bits per heavy atom. The van der Waals surface area contributed by atoms with Crippen molar-refractivity contribution in [1.29, 1.82) is 0 Å². The summed E-state index contributed by atoms with van der Waals surface area (Å²) in [6.45, 7) is 28.9. The van der Waals surface area contributed by atoms with E-state index in [1.165, 1.54) is 80.1 Å². The predicted molar refractivity (Wildman–Crippen MR) is 513 cm³/mol. The van der Waals surface area contributed by atoms with Gasteiger partial charge in [0.25, 0.3) is 0 Å². The van der Waals surface area contributed by atoms with E-state index in [0.717, 1.165) is 165 Å². The third-order valence-corrected chi connectivity index (χ3v) is 41.1. The van der Waals surface area contributed by atoms with Gasteiger partial charge in [0.1, 0.15) is 0 Å². The molecule has 0 radical (unpaired) electrons. The van der Waals surface area contributed by atoms with Crippen molar-refractivity contribution in [3.63, 3.8) is 0 Å². The highest BCUT2D eigenvalue weighted by molar-refractivity contribution is 7.92. The molecule has 13 aliphatic rings. The summed E-state index contributed by atoms with van der Waals surface area (Å²) in [5.74, 6) is 9.12. The lowest BCUT2D eigenvalue weighted by Gasteiger charge is -2.59. The molecule has 11 nitrogen and oxygen atoms in total. The van der Waals surface area contributed by atoms with Crippen LogP contribution in [0.5, 0.6) is 0 Å². The Balaban J connectivity index is 0.000000183. The van der Waals surface area contributed by atoms with E-state index >= 15 is 0 Å². The average molecular weight is 1750 g/mol. The first kappa shape index (κ1) is 96.5. The molecule has 1 aliphatic heterocycles. The Hall–Kier alpha value is -5.06. The molecule has 124 heavy (non-hydrogen) atoms. The lowest BCUT2D eigenvalue weighted by Crippen LogP contribution is -2.52. The monoisotopic (exact) mass is 1740 g/mol. The number of hydrogen-bond donors (Lipinski definition) is 6. The molecule has 0 spiro atoms. The van der Waals surface area contributed by atoms with E-state index in [0.29, 0.717) is 86.4 Å². The molecule has 4 unspecified atom stereocenters. The first-order chi connectivity index (χ1) is 58.9. The molecular formula is C111H168O11S2. The summed E-state index contributed by atoms with van der Waals surface area (Å²) in [7, 11) is -5.90. The largest absolute Gasteiger partial charge is 0.400 e. The van der Waals surface area contributed by atoms with E-state index in [1.807, 2.05) is 87.5 Å². The highest BCUT2D eigenvalue weighted by Crippen LogP contribution is 2.72. The van der Waals surface area contributed by atoms with Gasteiger partial charge in [-0.05, 0) is 369 Å². The SMILES string of the molecule is C.C.CO.C[C@H](C(CC(O)Cc1ccccc1)S(=O)(=O)c1ccccc1)[C@H]1CC[C@H]2[C@@H]3CC=C4C[C@@](C)(O)CC[C@]4(C)[C@H]3CC[C@]12C.C[C@H](CCC(O)Cc1ccccc1)[C@H]1CC[C@H]2[C@@H]3CC=C4C[C@@](C)(O)CC[C@]4(C)[C@H]3CC[C@]12C.C[C@H](CS(=O)(=O)c1ccccc1)[C@H]1CC[C@H]2[C@@H]3CC=C4C[C@@](C)(O)CC[C@]4(C)[C@H]3CC[C@]12C.[2HH].[2H][2H].c1ccc(CC2CO2)cc1. The van der Waals surface area contributed by atoms with Crippen molar-refractivity contribution in [3.05, 3.63) is 203 Å². The van der Waals surface area contributed by atoms with Gasteiger partial charge in [0, 0.05) is 17.9 Å². The molecule has 12 aliphatic carbocycles. The second-order valence-electron chi connectivity index (χ2n) is 44.4. The van der Waals surface area contributed by atoms with Crippen LogP contribution in [0.3, 0.4) is 0 Å². The van der Waals surface area contributed by atoms with Gasteiger partial charge in [0.05, 0.1) is 62.5 Å². The Labute approximate surface area is 756 Å². The molecule has 28 atom stereocenters. The maximum atomic E-state index is 14.3. The number of ether oxygens (including phenoxy) is 1. The molecule has 1 heterocycles. The van der Waals surface area contributed by atoms with E-state index in [1.54, 1.807) is 42.0 Å². The van der Waals surface area contributed by atoms with Gasteiger partial charge in [0.2, 0.25) is 0 Å². The first-order valence-electron chi connectivity index (χ1n) is 49.3. The standard InChI is InChI=1S/C38H52O4S.C32H48O2.C29H42O3S.C9H10O.CH4O.2CH4.2H2/c1-26(35(43(41,42)30-13-9-6-10-14-30)24-29(39)23-27-11-7-5-8-12-27)32-17-18-33-31-16-15-28-25-36(2,40)21-22-37(28,3)34(31)19-20-38(32,33)4;1-22(10-12-25(33)20-23-8-6-5-7-9-23)27-14-15-28-26-13-11-24-21-30(2,34)18-19-31(24,3)29(26)16-17-32(27,28)4;1-20(19-33(31,32)22-8-6-5-7-9-22)24-12-13-25-23-11-10-21-18-27(2,30)16-17-28(21,3)26(23)14-15-29(24,25)4;1-2-4-8(5-3-1)6-9-7-10-9;1-2;;;;/h5-15,26,29,31-35,39-40H,16-25H2,1-4H3;5-9,11,22,25-29,33-34H,10,12-21H2,1-4H3;5-10,20,23-26,30H,11-19H2,1-4H3;1-5,9H,6-7H2;2H,1H3;2*1H4;2*1H/t26-,29?,31-,32+,33-,34-,35?,36-,37-,38+;22-,25?,26+,27-,28+,29+,30+,31+,32-;20-,23+,24-,25+,26+,27+,28+,29-;;;;;;/m011....../s1/i;;;;;;;1+1D;1+1. The maximum absolute atomic E-state index is 14.3. The third-order valence-electron chi connectivity index (χ3n) is 36.8. The number of fused-ring (bicyclic) bond motifs is 15. The number of allylic oxidation sites excluding steroid dienone is 3. The Morgan fingerprint density at radius 1 is 0.411 bits per heavy atom. The Bertz CT molecular complexity index is 4640. The lowest BCUT2D eigenvalue weighted by atomic mass is 9.46. The van der Waals surface area contributed by atoms with E-state index in [2.05, 4.69) is 129 Å². The Kier molecular flexibility index (Phi) is 30.5. The number of rotatable bonds is 20. The van der Waals surface area contributed by atoms with Crippen LogP contribution in [0.1, 0.15) is 292 Å². The minimum atomic E-state index is -3.64. The van der Waals surface area contributed by atoms with Gasteiger partial charge in [0.15, 0.2) is 19.7 Å². The molecule has 1 saturated heterocycles. The van der Waals surface area contributed by atoms with Crippen LogP contribution in [-0.4, -0.2) is 107 Å². The summed E-state index contributed by atoms with van der Waals surface area (Å²) in [5, 5.41) is 60.6. The number of benzene rings is 5. The molecule has 0 aromatic heterocycles. The minimum absolute atomic E-state index is 0. The number of aliphatic hydroxyl groups is 6. The van der Waals surface area contributed by atoms with Crippen LogP contribution in [0.25, 0.3) is 0 Å². The topological polar surface area (TPSA) is 202 Å². The van der Waals surface area contributed by atoms with Crippen molar-refractivity contribution >= 4 is 19.7 Å². The van der Waals surface area contributed by atoms with Crippen LogP contribution in [0.15, 0.2) is 196 Å². The summed E-state index contributed by atoms with van der Waals surface area (Å²) in [4.78, 5) is 0.833. The van der Waals surface area contributed by atoms with Gasteiger partial charge in [-0.25, -0.2) is 16.8 Å². The van der Waals surface area contributed by atoms with E-state index < -0.39 is 47.8 Å². The zero-order valence-corrected chi connectivity index (χ0v) is 78.4. The summed E-state index contributed by atoms with van der Waals surface area (Å²) < 4.78 is 70.0. The zero-order chi connectivity index (χ0) is 89.2. The summed E-state index contributed by atoms with van der Waals surface area (Å²) >= 11 is 0. The first-order valence-corrected chi connectivity index (χ1v) is 51.5. The van der Waals surface area contributed by atoms with E-state index in [-0.39, 0.29) is 68.1 Å². The fourth-order valence-corrected chi connectivity index (χ4v) is 33.9. The van der Waals surface area contributed by atoms with Crippen LogP contribution in [0, 0.1) is 121 Å². The van der Waals surface area contributed by atoms with Crippen molar-refractivity contribution < 1.29 is 56.6 Å². The second-order valence-corrected chi connectivity index (χ2v) is 48.6. The lowest BCUT2D eigenvalue weighted by molar-refractivity contribution is -0.0708. The van der Waals surface area contributed by atoms with Gasteiger partial charge >= 0.3 is 0 Å². The summed E-state index contributed by atoms with van der Waals surface area (Å²) in [6, 6.07) is 48.7. The molecular weight excluding hydrogens is 1570 g/mol. The van der Waals surface area contributed by atoms with Crippen LogP contribution < -0.4 is 0 Å². The highest BCUT2D eigenvalue weighted by atomic mass is 32.2. The normalized spacial score (nSPS) is 38.5. The van der Waals surface area contributed by atoms with Gasteiger partial charge in [-0.2, -0.15) is 0 Å². The summed E-state index contributed by atoms with van der Waals surface area (Å²) in [5.41, 5.74) is 8.15. The van der Waals surface area contributed by atoms with Gasteiger partial charge in [-0.15, -0.1) is 0 Å². The smallest absolute Gasteiger partial charge is 0.181 e. The molecule has 13 heteroatoms. The van der Waals surface area contributed by atoms with Crippen molar-refractivity contribution in [2.45, 2.75) is 341 Å². The molecule has 5 aromatic carbocycles. The molecule has 10 fully saturated rings. The number of epoxide rings is 1. The number of aliphatic hydroxyl groups excluding tert-OH is 3. The van der Waals surface area contributed by atoms with Crippen molar-refractivity contribution in [1.82, 2.24) is 0 Å². The zero-order valence-electron chi connectivity index (χ0n) is 78.8. The van der Waals surface area contributed by atoms with E-state index in [9.17, 15) is 42.4 Å². The van der Waals surface area contributed by atoms with Gasteiger partial charge in [-0.1, -0.05) is 240 Å². The molecule has 0 bridgehead atoms. The van der Waals surface area contributed by atoms with E-state index in [4.69, 9.17) is 12.8 Å². The number of sulfone groups is 2. The van der Waals surface area contributed by atoms with Gasteiger partial charge < -0.3 is 35.4 Å². The van der Waals surface area contributed by atoms with Crippen LogP contribution in [0.4, 0.5) is 0 Å². The second kappa shape index (κ2) is 39.2. The fraction of sp³-hybridized carbons (Fsp3) is 0.676. The van der Waals surface area contributed by atoms with Crippen molar-refractivity contribution in [3.8, 4) is 0 Å². The summed E-state index contributed by atoms with van der Waals surface area (Å²) in [6.07, 6.45) is 38.8. The average Bonchev–Trinajstić information content (AvgIpc) is 1.67. The minimum Gasteiger partial charge on any atom is -0.400 e. The molecule has 18 rings (SSSR count). The predicted octanol–water partition coefficient (Wildman–Crippen LogP) is 24.6. The fourth-order valence-electron chi connectivity index (χ4n) is 30.1. The van der Waals surface area contributed by atoms with Gasteiger partial charge in [-0.3, -0.25) is 0 Å².